The Hall–Kier alpha value is -3.15. The normalized spacial score (nSPS) is 17.6. The molecule has 5 heteroatoms. The van der Waals surface area contributed by atoms with Crippen LogP contribution in [-0.2, 0) is 9.31 Å². The van der Waals surface area contributed by atoms with Gasteiger partial charge in [-0.05, 0) is 57.4 Å². The molecule has 2 aromatic carbocycles. The summed E-state index contributed by atoms with van der Waals surface area (Å²) in [6.45, 7) is 8.31. The second kappa shape index (κ2) is 6.68. The minimum Gasteiger partial charge on any atom is -0.399 e. The summed E-state index contributed by atoms with van der Waals surface area (Å²) in [7, 11) is -0.368. The first kappa shape index (κ1) is 19.5. The van der Waals surface area contributed by atoms with Gasteiger partial charge in [-0.15, -0.1) is 0 Å². The highest BCUT2D eigenvalue weighted by Gasteiger charge is 2.51. The van der Waals surface area contributed by atoms with E-state index in [1.165, 1.54) is 10.8 Å². The molecule has 0 N–H and O–H groups in total. The maximum absolute atomic E-state index is 6.23. The first-order chi connectivity index (χ1) is 15.3. The van der Waals surface area contributed by atoms with E-state index >= 15 is 0 Å². The number of hydrogen-bond donors (Lipinski definition) is 0. The van der Waals surface area contributed by atoms with E-state index in [1.807, 2.05) is 6.07 Å². The fraction of sp³-hybridized carbons (Fsp3) is 0.222. The number of nitrogens with zero attached hydrogens (tertiary/aromatic N) is 2. The number of rotatable bonds is 2. The summed E-state index contributed by atoms with van der Waals surface area (Å²) in [5, 5.41) is 2.38. The Morgan fingerprint density at radius 2 is 1.47 bits per heavy atom. The van der Waals surface area contributed by atoms with E-state index < -0.39 is 0 Å². The van der Waals surface area contributed by atoms with Crippen LogP contribution in [0.2, 0.25) is 0 Å². The van der Waals surface area contributed by atoms with Crippen molar-refractivity contribution in [3.8, 4) is 11.3 Å². The van der Waals surface area contributed by atoms with Crippen LogP contribution in [0.4, 0.5) is 0 Å². The molecule has 6 rings (SSSR count). The highest BCUT2D eigenvalue weighted by molar-refractivity contribution is 6.62. The maximum Gasteiger partial charge on any atom is 0.494 e. The van der Waals surface area contributed by atoms with Gasteiger partial charge in [0, 0.05) is 28.0 Å². The number of pyridine rings is 2. The summed E-state index contributed by atoms with van der Waals surface area (Å²) < 4.78 is 14.7. The molecule has 158 valence electrons. The van der Waals surface area contributed by atoms with Gasteiger partial charge in [-0.25, -0.2) is 4.98 Å². The minimum absolute atomic E-state index is 0.354. The fourth-order valence-corrected chi connectivity index (χ4v) is 4.52. The molecule has 1 aliphatic heterocycles. The van der Waals surface area contributed by atoms with E-state index in [1.54, 1.807) is 0 Å². The third-order valence-electron chi connectivity index (χ3n) is 7.04. The monoisotopic (exact) mass is 420 g/mol. The van der Waals surface area contributed by atoms with Crippen molar-refractivity contribution in [3.63, 3.8) is 0 Å². The van der Waals surface area contributed by atoms with E-state index in [0.717, 1.165) is 33.3 Å². The van der Waals surface area contributed by atoms with Crippen LogP contribution in [0.5, 0.6) is 0 Å². The lowest BCUT2D eigenvalue weighted by Gasteiger charge is -2.32. The van der Waals surface area contributed by atoms with Gasteiger partial charge in [0.2, 0.25) is 0 Å². The van der Waals surface area contributed by atoms with Crippen molar-refractivity contribution in [1.29, 1.82) is 0 Å². The molecule has 4 nitrogen and oxygen atoms in total. The summed E-state index contributed by atoms with van der Waals surface area (Å²) in [5.74, 6) is 0. The molecule has 4 heterocycles. The molecule has 5 aromatic rings. The zero-order chi connectivity index (χ0) is 22.1. The van der Waals surface area contributed by atoms with Crippen molar-refractivity contribution in [2.45, 2.75) is 38.9 Å². The van der Waals surface area contributed by atoms with Crippen LogP contribution < -0.4 is 5.46 Å². The van der Waals surface area contributed by atoms with Crippen LogP contribution in [0.25, 0.3) is 38.6 Å². The first-order valence-corrected chi connectivity index (χ1v) is 11.1. The smallest absolute Gasteiger partial charge is 0.399 e. The quantitative estimate of drug-likeness (QED) is 0.349. The topological polar surface area (TPSA) is 35.8 Å². The molecule has 1 aliphatic rings. The lowest BCUT2D eigenvalue weighted by atomic mass is 9.78. The Bertz CT molecular complexity index is 1470. The molecule has 0 unspecified atom stereocenters. The minimum atomic E-state index is -0.368. The molecule has 1 fully saturated rings. The molecule has 0 aliphatic carbocycles. The Kier molecular flexibility index (Phi) is 4.08. The highest BCUT2D eigenvalue weighted by atomic mass is 16.7. The molecule has 0 amide bonds. The van der Waals surface area contributed by atoms with E-state index in [2.05, 4.69) is 105 Å². The Balaban J connectivity index is 1.51. The average molecular weight is 420 g/mol. The predicted molar refractivity (Wildman–Crippen MR) is 131 cm³/mol. The zero-order valence-corrected chi connectivity index (χ0v) is 18.8. The zero-order valence-electron chi connectivity index (χ0n) is 18.8. The summed E-state index contributed by atoms with van der Waals surface area (Å²) in [5.41, 5.74) is 5.65. The van der Waals surface area contributed by atoms with Crippen molar-refractivity contribution in [1.82, 2.24) is 9.38 Å². The van der Waals surface area contributed by atoms with Crippen molar-refractivity contribution < 1.29 is 9.31 Å². The fourth-order valence-electron chi connectivity index (χ4n) is 4.52. The van der Waals surface area contributed by atoms with Crippen LogP contribution >= 0.6 is 0 Å². The third-order valence-corrected chi connectivity index (χ3v) is 7.04. The third kappa shape index (κ3) is 2.82. The molecule has 0 bridgehead atoms. The van der Waals surface area contributed by atoms with Crippen LogP contribution in [0, 0.1) is 0 Å². The molecule has 3 aromatic heterocycles. The largest absolute Gasteiger partial charge is 0.494 e. The molecule has 0 saturated carbocycles. The standard InChI is InChI=1S/C27H25BN2O2/c1-26(2)27(3,4)32-28(31-26)19-14-12-18(13-15-19)24-25-22(17-20-9-7-8-16-30(20)25)21-10-5-6-11-23(21)29-24/h5-17H,1-4H3. The van der Waals surface area contributed by atoms with Gasteiger partial charge in [0.25, 0.3) is 0 Å². The van der Waals surface area contributed by atoms with Gasteiger partial charge in [0.1, 0.15) is 0 Å². The molecule has 0 radical (unpaired) electrons. The number of para-hydroxylation sites is 1. The average Bonchev–Trinajstić information content (AvgIpc) is 3.27. The number of benzene rings is 2. The molecule has 0 spiro atoms. The van der Waals surface area contributed by atoms with E-state index in [9.17, 15) is 0 Å². The van der Waals surface area contributed by atoms with Gasteiger partial charge in [-0.2, -0.15) is 0 Å². The Morgan fingerprint density at radius 3 is 2.22 bits per heavy atom. The van der Waals surface area contributed by atoms with Gasteiger partial charge >= 0.3 is 7.12 Å². The molecular weight excluding hydrogens is 395 g/mol. The van der Waals surface area contributed by atoms with Crippen LogP contribution in [0.3, 0.4) is 0 Å². The van der Waals surface area contributed by atoms with Crippen molar-refractivity contribution in [3.05, 3.63) is 79.0 Å². The Labute approximate surface area is 187 Å². The van der Waals surface area contributed by atoms with Gasteiger partial charge in [0.05, 0.1) is 27.9 Å². The van der Waals surface area contributed by atoms with E-state index in [4.69, 9.17) is 14.3 Å². The van der Waals surface area contributed by atoms with Crippen molar-refractivity contribution >= 4 is 39.9 Å². The maximum atomic E-state index is 6.23. The summed E-state index contributed by atoms with van der Waals surface area (Å²) in [6, 6.07) is 25.3. The molecular formula is C27H25BN2O2. The highest BCUT2D eigenvalue weighted by Crippen LogP contribution is 2.37. The predicted octanol–water partition coefficient (Wildman–Crippen LogP) is 5.61. The summed E-state index contributed by atoms with van der Waals surface area (Å²) in [6.07, 6.45) is 2.11. The number of hydrogen-bond acceptors (Lipinski definition) is 3. The van der Waals surface area contributed by atoms with Crippen molar-refractivity contribution in [2.24, 2.45) is 0 Å². The summed E-state index contributed by atoms with van der Waals surface area (Å²) in [4.78, 5) is 5.09. The number of aromatic nitrogens is 2. The lowest BCUT2D eigenvalue weighted by Crippen LogP contribution is -2.41. The second-order valence-electron chi connectivity index (χ2n) is 9.59. The van der Waals surface area contributed by atoms with Gasteiger partial charge in [0.15, 0.2) is 0 Å². The summed E-state index contributed by atoms with van der Waals surface area (Å²) >= 11 is 0. The van der Waals surface area contributed by atoms with E-state index in [0.29, 0.717) is 0 Å². The SMILES string of the molecule is CC1(C)OB(c2ccc(-c3nc4ccccc4c4cc5ccccn5c34)cc2)OC1(C)C. The van der Waals surface area contributed by atoms with Crippen molar-refractivity contribution in [2.75, 3.05) is 0 Å². The molecule has 0 atom stereocenters. The van der Waals surface area contributed by atoms with Crippen LogP contribution in [0.15, 0.2) is 79.0 Å². The van der Waals surface area contributed by atoms with Crippen LogP contribution in [0.1, 0.15) is 27.7 Å². The van der Waals surface area contributed by atoms with Gasteiger partial charge in [-0.3, -0.25) is 0 Å². The molecule has 32 heavy (non-hydrogen) atoms. The van der Waals surface area contributed by atoms with E-state index in [-0.39, 0.29) is 18.3 Å². The second-order valence-corrected chi connectivity index (χ2v) is 9.59. The Morgan fingerprint density at radius 1 is 0.781 bits per heavy atom. The van der Waals surface area contributed by atoms with Gasteiger partial charge < -0.3 is 13.7 Å². The lowest BCUT2D eigenvalue weighted by molar-refractivity contribution is 0.00578. The molecule has 1 saturated heterocycles. The van der Waals surface area contributed by atoms with Crippen LogP contribution in [-0.4, -0.2) is 27.7 Å². The van der Waals surface area contributed by atoms with Gasteiger partial charge in [-0.1, -0.05) is 48.5 Å². The number of fused-ring (bicyclic) bond motifs is 5. The first-order valence-electron chi connectivity index (χ1n) is 11.1.